The quantitative estimate of drug-likeness (QED) is 0.821. The number of hydrogen-bond acceptors (Lipinski definition) is 1. The molecular weight excluding hydrogens is 283 g/mol. The topological polar surface area (TPSA) is 44.9 Å². The van der Waals surface area contributed by atoms with Gasteiger partial charge in [-0.05, 0) is 18.2 Å². The number of aromatic amines is 1. The lowest BCUT2D eigenvalue weighted by molar-refractivity contribution is 0.0954. The van der Waals surface area contributed by atoms with Gasteiger partial charge in [-0.2, -0.15) is 0 Å². The molecule has 1 heterocycles. The zero-order valence-electron chi connectivity index (χ0n) is 9.84. The largest absolute Gasteiger partial charge is 0.340 e. The van der Waals surface area contributed by atoms with E-state index in [-0.39, 0.29) is 17.6 Å². The molecule has 2 N–H and O–H groups in total. The molecule has 0 radical (unpaired) electrons. The Kier molecular flexibility index (Phi) is 4.51. The first-order chi connectivity index (χ1) is 9.16. The molecule has 0 saturated carbocycles. The van der Waals surface area contributed by atoms with E-state index in [4.69, 9.17) is 23.2 Å². The monoisotopic (exact) mass is 292 g/mol. The molecule has 0 fully saturated rings. The van der Waals surface area contributed by atoms with Gasteiger partial charge in [-0.25, -0.2) is 0 Å². The van der Waals surface area contributed by atoms with Crippen LogP contribution in [0.5, 0.6) is 0 Å². The molecular formula is C14H10Cl2N2O. The van der Waals surface area contributed by atoms with Crippen molar-refractivity contribution >= 4 is 29.1 Å². The van der Waals surface area contributed by atoms with Crippen molar-refractivity contribution in [2.45, 2.75) is 0 Å². The highest BCUT2D eigenvalue weighted by molar-refractivity contribution is 6.41. The summed E-state index contributed by atoms with van der Waals surface area (Å²) in [6.07, 6.45) is 0. The van der Waals surface area contributed by atoms with Gasteiger partial charge >= 0.3 is 0 Å². The van der Waals surface area contributed by atoms with Gasteiger partial charge in [0, 0.05) is 5.56 Å². The molecule has 0 unspecified atom stereocenters. The van der Waals surface area contributed by atoms with Crippen molar-refractivity contribution < 1.29 is 4.79 Å². The lowest BCUT2D eigenvalue weighted by Crippen LogP contribution is -2.23. The summed E-state index contributed by atoms with van der Waals surface area (Å²) in [5, 5.41) is 3.22. The number of H-pyrrole nitrogens is 1. The predicted octanol–water partition coefficient (Wildman–Crippen LogP) is 3.10. The van der Waals surface area contributed by atoms with E-state index in [0.717, 1.165) is 5.56 Å². The summed E-state index contributed by atoms with van der Waals surface area (Å²) in [6.45, 7) is 0.252. The number of amides is 1. The zero-order valence-corrected chi connectivity index (χ0v) is 11.3. The highest BCUT2D eigenvalue weighted by atomic mass is 35.5. The Hall–Kier alpha value is -1.89. The molecule has 2 rings (SSSR count). The lowest BCUT2D eigenvalue weighted by Gasteiger charge is -1.97. The third kappa shape index (κ3) is 3.78. The Morgan fingerprint density at radius 3 is 2.63 bits per heavy atom. The highest BCUT2D eigenvalue weighted by Gasteiger charge is 2.10. The molecule has 5 heteroatoms. The van der Waals surface area contributed by atoms with Gasteiger partial charge in [0.15, 0.2) is 0 Å². The van der Waals surface area contributed by atoms with Crippen LogP contribution in [0.15, 0.2) is 36.4 Å². The molecule has 96 valence electrons. The van der Waals surface area contributed by atoms with Crippen molar-refractivity contribution in [3.05, 3.63) is 57.8 Å². The number of hydrogen-bond donors (Lipinski definition) is 2. The number of carbonyl (C=O) groups excluding carboxylic acids is 1. The predicted molar refractivity (Wildman–Crippen MR) is 76.5 cm³/mol. The molecule has 1 aromatic heterocycles. The molecule has 0 aliphatic carbocycles. The van der Waals surface area contributed by atoms with Crippen LogP contribution in [0.1, 0.15) is 16.1 Å². The molecule has 1 aromatic carbocycles. The van der Waals surface area contributed by atoms with Crippen molar-refractivity contribution in [2.24, 2.45) is 0 Å². The van der Waals surface area contributed by atoms with Crippen LogP contribution >= 0.6 is 23.2 Å². The molecule has 3 nitrogen and oxygen atoms in total. The second kappa shape index (κ2) is 6.33. The third-order valence-corrected chi connectivity index (χ3v) is 3.01. The first-order valence-electron chi connectivity index (χ1n) is 5.53. The van der Waals surface area contributed by atoms with Gasteiger partial charge in [0.2, 0.25) is 0 Å². The van der Waals surface area contributed by atoms with Crippen LogP contribution in [0, 0.1) is 11.8 Å². The van der Waals surface area contributed by atoms with E-state index in [1.54, 1.807) is 0 Å². The minimum Gasteiger partial charge on any atom is -0.340 e. The number of nitrogens with one attached hydrogen (secondary N) is 2. The lowest BCUT2D eigenvalue weighted by atomic mass is 10.2. The van der Waals surface area contributed by atoms with E-state index in [1.165, 1.54) is 6.07 Å². The molecule has 0 bridgehead atoms. The van der Waals surface area contributed by atoms with Crippen molar-refractivity contribution in [1.82, 2.24) is 10.3 Å². The highest BCUT2D eigenvalue weighted by Crippen LogP contribution is 2.21. The summed E-state index contributed by atoms with van der Waals surface area (Å²) >= 11 is 11.5. The maximum absolute atomic E-state index is 11.7. The summed E-state index contributed by atoms with van der Waals surface area (Å²) < 4.78 is 0. The fourth-order valence-electron chi connectivity index (χ4n) is 1.41. The van der Waals surface area contributed by atoms with Gasteiger partial charge in [-0.15, -0.1) is 0 Å². The summed E-state index contributed by atoms with van der Waals surface area (Å²) in [5.74, 6) is 5.51. The minimum absolute atomic E-state index is 0.252. The molecule has 0 spiro atoms. The van der Waals surface area contributed by atoms with Crippen molar-refractivity contribution in [3.8, 4) is 11.8 Å². The fraction of sp³-hybridized carbons (Fsp3) is 0.0714. The first-order valence-corrected chi connectivity index (χ1v) is 6.28. The number of halogens is 2. The Morgan fingerprint density at radius 2 is 2.00 bits per heavy atom. The van der Waals surface area contributed by atoms with Crippen LogP contribution in [-0.2, 0) is 0 Å². The molecule has 2 aromatic rings. The molecule has 0 saturated heterocycles. The average molecular weight is 293 g/mol. The Morgan fingerprint density at radius 1 is 1.26 bits per heavy atom. The van der Waals surface area contributed by atoms with Gasteiger partial charge < -0.3 is 10.3 Å². The van der Waals surface area contributed by atoms with Crippen molar-refractivity contribution in [1.29, 1.82) is 0 Å². The van der Waals surface area contributed by atoms with Crippen LogP contribution in [0.2, 0.25) is 10.2 Å². The van der Waals surface area contributed by atoms with Crippen molar-refractivity contribution in [2.75, 3.05) is 6.54 Å². The van der Waals surface area contributed by atoms with Crippen LogP contribution < -0.4 is 5.32 Å². The molecule has 0 atom stereocenters. The molecule has 0 aliphatic heterocycles. The van der Waals surface area contributed by atoms with E-state index in [9.17, 15) is 4.79 Å². The maximum atomic E-state index is 11.7. The van der Waals surface area contributed by atoms with Gasteiger partial charge in [-0.1, -0.05) is 53.2 Å². The standard InChI is InChI=1S/C14H10Cl2N2O/c15-11-9-12(18-13(11)16)14(19)17-8-4-7-10-5-2-1-3-6-10/h1-3,5-6,9,18H,8H2,(H,17,19). The second-order valence-electron chi connectivity index (χ2n) is 3.70. The van der Waals surface area contributed by atoms with Crippen LogP contribution in [-0.4, -0.2) is 17.4 Å². The van der Waals surface area contributed by atoms with E-state index >= 15 is 0 Å². The van der Waals surface area contributed by atoms with E-state index < -0.39 is 0 Å². The summed E-state index contributed by atoms with van der Waals surface area (Å²) in [7, 11) is 0. The van der Waals surface area contributed by atoms with Gasteiger partial charge in [0.1, 0.15) is 10.8 Å². The van der Waals surface area contributed by atoms with E-state index in [0.29, 0.717) is 10.7 Å². The van der Waals surface area contributed by atoms with E-state index in [1.807, 2.05) is 30.3 Å². The number of rotatable bonds is 2. The Balaban J connectivity index is 1.90. The fourth-order valence-corrected chi connectivity index (χ4v) is 1.73. The van der Waals surface area contributed by atoms with Gasteiger partial charge in [-0.3, -0.25) is 4.79 Å². The zero-order chi connectivity index (χ0) is 13.7. The first kappa shape index (κ1) is 13.5. The number of benzene rings is 1. The smallest absolute Gasteiger partial charge is 0.268 e. The second-order valence-corrected chi connectivity index (χ2v) is 4.48. The number of aromatic nitrogens is 1. The SMILES string of the molecule is O=C(NCC#Cc1ccccc1)c1cc(Cl)c(Cl)[nH]1. The van der Waals surface area contributed by atoms with Crippen LogP contribution in [0.4, 0.5) is 0 Å². The van der Waals surface area contributed by atoms with Crippen LogP contribution in [0.3, 0.4) is 0 Å². The van der Waals surface area contributed by atoms with Crippen LogP contribution in [0.25, 0.3) is 0 Å². The van der Waals surface area contributed by atoms with Crippen molar-refractivity contribution in [3.63, 3.8) is 0 Å². The summed E-state index contributed by atoms with van der Waals surface area (Å²) in [6, 6.07) is 11.0. The van der Waals surface area contributed by atoms with E-state index in [2.05, 4.69) is 22.1 Å². The maximum Gasteiger partial charge on any atom is 0.268 e. The number of carbonyl (C=O) groups is 1. The molecule has 0 aliphatic rings. The summed E-state index contributed by atoms with van der Waals surface area (Å²) in [5.41, 5.74) is 1.22. The molecule has 19 heavy (non-hydrogen) atoms. The summed E-state index contributed by atoms with van der Waals surface area (Å²) in [4.78, 5) is 14.4. The average Bonchev–Trinajstić information content (AvgIpc) is 2.76. The molecule has 1 amide bonds. The normalized spacial score (nSPS) is 9.58. The Bertz CT molecular complexity index is 619. The van der Waals surface area contributed by atoms with Gasteiger partial charge in [0.05, 0.1) is 11.6 Å². The van der Waals surface area contributed by atoms with Gasteiger partial charge in [0.25, 0.3) is 5.91 Å². The third-order valence-electron chi connectivity index (χ3n) is 2.31. The Labute approximate surface area is 120 Å². The minimum atomic E-state index is -0.295.